The Bertz CT molecular complexity index is 412. The van der Waals surface area contributed by atoms with Gasteiger partial charge in [0, 0.05) is 18.5 Å². The Morgan fingerprint density at radius 2 is 1.57 bits per heavy atom. The summed E-state index contributed by atoms with van der Waals surface area (Å²) in [4.78, 5) is 13.3. The maximum absolute atomic E-state index is 12.8. The van der Waals surface area contributed by atoms with Crippen LogP contribution in [-0.2, 0) is 4.74 Å². The summed E-state index contributed by atoms with van der Waals surface area (Å²) >= 11 is 0. The molecule has 0 aromatic carbocycles. The van der Waals surface area contributed by atoms with Crippen molar-refractivity contribution < 1.29 is 27.8 Å². The first kappa shape index (κ1) is 16.4. The van der Waals surface area contributed by atoms with Crippen molar-refractivity contribution in [1.82, 2.24) is 4.90 Å². The number of hydrogen-bond donors (Lipinski definition) is 1. The van der Waals surface area contributed by atoms with Crippen molar-refractivity contribution in [2.24, 2.45) is 5.41 Å². The van der Waals surface area contributed by atoms with Crippen LogP contribution >= 0.6 is 0 Å². The molecule has 0 radical (unpaired) electrons. The molecule has 1 N–H and O–H groups in total. The number of aliphatic hydroxyl groups is 1. The highest BCUT2D eigenvalue weighted by molar-refractivity contribution is 5.69. The normalized spacial score (nSPS) is 24.6. The molecule has 0 aromatic rings. The summed E-state index contributed by atoms with van der Waals surface area (Å²) in [5.74, 6) is 0. The molecule has 21 heavy (non-hydrogen) atoms. The number of rotatable bonds is 0. The highest BCUT2D eigenvalue weighted by Crippen LogP contribution is 2.51. The molecule has 1 saturated heterocycles. The Morgan fingerprint density at radius 1 is 1.10 bits per heavy atom. The minimum absolute atomic E-state index is 0.280. The smallest absolute Gasteiger partial charge is 0.417 e. The Balaban J connectivity index is 1.87. The van der Waals surface area contributed by atoms with Crippen molar-refractivity contribution in [3.8, 4) is 0 Å². The van der Waals surface area contributed by atoms with Gasteiger partial charge in [-0.1, -0.05) is 0 Å². The van der Waals surface area contributed by atoms with Crippen LogP contribution in [0.4, 0.5) is 18.0 Å². The Labute approximate surface area is 122 Å². The van der Waals surface area contributed by atoms with Gasteiger partial charge < -0.3 is 14.7 Å². The maximum atomic E-state index is 12.8. The quantitative estimate of drug-likeness (QED) is 0.748. The molecule has 2 fully saturated rings. The first-order valence-electron chi connectivity index (χ1n) is 7.13. The number of amides is 1. The van der Waals surface area contributed by atoms with Crippen molar-refractivity contribution in [2.45, 2.75) is 63.8 Å². The molecule has 0 unspecified atom stereocenters. The van der Waals surface area contributed by atoms with Crippen molar-refractivity contribution >= 4 is 6.09 Å². The van der Waals surface area contributed by atoms with Crippen molar-refractivity contribution in [2.75, 3.05) is 13.1 Å². The summed E-state index contributed by atoms with van der Waals surface area (Å²) in [6, 6.07) is 0. The zero-order valence-electron chi connectivity index (χ0n) is 12.6. The fourth-order valence-electron chi connectivity index (χ4n) is 3.01. The molecule has 1 saturated carbocycles. The number of ether oxygens (including phenoxy) is 1. The lowest BCUT2D eigenvalue weighted by Crippen LogP contribution is -2.63. The van der Waals surface area contributed by atoms with E-state index in [0.29, 0.717) is 13.1 Å². The number of carbonyl (C=O) groups is 1. The number of likely N-dealkylation sites (tertiary alicyclic amines) is 1. The predicted octanol–water partition coefficient (Wildman–Crippen LogP) is 3.09. The van der Waals surface area contributed by atoms with E-state index in [0.717, 1.165) is 0 Å². The fraction of sp³-hybridized carbons (Fsp3) is 0.929. The van der Waals surface area contributed by atoms with Gasteiger partial charge in [0.05, 0.1) is 0 Å². The monoisotopic (exact) mass is 309 g/mol. The maximum Gasteiger partial charge on any atom is 0.417 e. The van der Waals surface area contributed by atoms with E-state index in [4.69, 9.17) is 4.74 Å². The lowest BCUT2D eigenvalue weighted by molar-refractivity contribution is -0.279. The van der Waals surface area contributed by atoms with Crippen LogP contribution in [0.2, 0.25) is 0 Å². The zero-order chi connectivity index (χ0) is 16.1. The molecule has 1 heterocycles. The minimum atomic E-state index is -4.58. The van der Waals surface area contributed by atoms with E-state index in [9.17, 15) is 23.1 Å². The number of hydrogen-bond acceptors (Lipinski definition) is 3. The number of alkyl halides is 3. The van der Waals surface area contributed by atoms with Gasteiger partial charge in [0.15, 0.2) is 5.60 Å². The SMILES string of the molecule is CC(C)(C)OC(=O)N1CC2(CCC(O)(C(F)(F)F)CC2)C1. The average Bonchev–Trinajstić information content (AvgIpc) is 2.23. The minimum Gasteiger partial charge on any atom is -0.444 e. The van der Waals surface area contributed by atoms with E-state index in [2.05, 4.69) is 0 Å². The van der Waals surface area contributed by atoms with Gasteiger partial charge in [0.2, 0.25) is 0 Å². The van der Waals surface area contributed by atoms with Crippen molar-refractivity contribution in [3.05, 3.63) is 0 Å². The standard InChI is InChI=1S/C14H22F3NO3/c1-11(2,3)21-10(19)18-8-12(9-18)4-6-13(20,7-5-12)14(15,16)17/h20H,4-9H2,1-3H3. The zero-order valence-corrected chi connectivity index (χ0v) is 12.6. The van der Waals surface area contributed by atoms with Crippen molar-refractivity contribution in [3.63, 3.8) is 0 Å². The van der Waals surface area contributed by atoms with Crippen LogP contribution in [0.1, 0.15) is 46.5 Å². The Kier molecular flexibility index (Phi) is 3.72. The molecule has 0 aromatic heterocycles. The summed E-state index contributed by atoms with van der Waals surface area (Å²) in [6.07, 6.45) is -5.03. The van der Waals surface area contributed by atoms with E-state index in [1.165, 1.54) is 4.90 Å². The van der Waals surface area contributed by atoms with Crippen LogP contribution in [0, 0.1) is 5.41 Å². The van der Waals surface area contributed by atoms with Crippen LogP contribution < -0.4 is 0 Å². The van der Waals surface area contributed by atoms with E-state index in [1.807, 2.05) is 0 Å². The molecule has 122 valence electrons. The van der Waals surface area contributed by atoms with Gasteiger partial charge >= 0.3 is 12.3 Å². The van der Waals surface area contributed by atoms with E-state index in [-0.39, 0.29) is 31.1 Å². The third-order valence-electron chi connectivity index (χ3n) is 4.37. The second kappa shape index (κ2) is 4.76. The number of carbonyl (C=O) groups excluding carboxylic acids is 1. The van der Waals surface area contributed by atoms with Crippen LogP contribution in [0.5, 0.6) is 0 Å². The molecule has 2 rings (SSSR count). The van der Waals surface area contributed by atoms with Crippen LogP contribution in [0.15, 0.2) is 0 Å². The Morgan fingerprint density at radius 3 is 1.95 bits per heavy atom. The predicted molar refractivity (Wildman–Crippen MR) is 69.7 cm³/mol. The second-order valence-corrected chi connectivity index (χ2v) is 7.37. The molecule has 1 spiro atoms. The molecule has 4 nitrogen and oxygen atoms in total. The summed E-state index contributed by atoms with van der Waals surface area (Å²) in [7, 11) is 0. The Hall–Kier alpha value is -0.980. The third-order valence-corrected chi connectivity index (χ3v) is 4.37. The summed E-state index contributed by atoms with van der Waals surface area (Å²) in [6.45, 7) is 6.13. The third kappa shape index (κ3) is 3.27. The molecular weight excluding hydrogens is 287 g/mol. The first-order chi connectivity index (χ1) is 9.36. The highest BCUT2D eigenvalue weighted by atomic mass is 19.4. The number of halogens is 3. The fourth-order valence-corrected chi connectivity index (χ4v) is 3.01. The molecular formula is C14H22F3NO3. The second-order valence-electron chi connectivity index (χ2n) is 7.37. The van der Waals surface area contributed by atoms with Gasteiger partial charge in [0.1, 0.15) is 5.60 Å². The lowest BCUT2D eigenvalue weighted by atomic mass is 9.64. The molecule has 1 aliphatic carbocycles. The largest absolute Gasteiger partial charge is 0.444 e. The highest BCUT2D eigenvalue weighted by Gasteiger charge is 2.59. The topological polar surface area (TPSA) is 49.8 Å². The molecule has 0 bridgehead atoms. The average molecular weight is 309 g/mol. The summed E-state index contributed by atoms with van der Waals surface area (Å²) in [5.41, 5.74) is -3.43. The summed E-state index contributed by atoms with van der Waals surface area (Å²) in [5, 5.41) is 9.66. The molecule has 7 heteroatoms. The van der Waals surface area contributed by atoms with Crippen LogP contribution in [0.25, 0.3) is 0 Å². The van der Waals surface area contributed by atoms with Gasteiger partial charge in [0.25, 0.3) is 0 Å². The number of nitrogens with zero attached hydrogens (tertiary/aromatic N) is 1. The van der Waals surface area contributed by atoms with Crippen molar-refractivity contribution in [1.29, 1.82) is 0 Å². The van der Waals surface area contributed by atoms with Gasteiger partial charge in [-0.25, -0.2) is 4.79 Å². The van der Waals surface area contributed by atoms with Gasteiger partial charge in [-0.05, 0) is 46.5 Å². The lowest BCUT2D eigenvalue weighted by Gasteiger charge is -2.54. The molecule has 1 amide bonds. The first-order valence-corrected chi connectivity index (χ1v) is 7.13. The molecule has 2 aliphatic rings. The summed E-state index contributed by atoms with van der Waals surface area (Å²) < 4.78 is 43.5. The van der Waals surface area contributed by atoms with E-state index < -0.39 is 23.5 Å². The van der Waals surface area contributed by atoms with Gasteiger partial charge in [-0.2, -0.15) is 13.2 Å². The van der Waals surface area contributed by atoms with Gasteiger partial charge in [-0.3, -0.25) is 0 Å². The molecule has 0 atom stereocenters. The molecule has 1 aliphatic heterocycles. The van der Waals surface area contributed by atoms with Crippen LogP contribution in [-0.4, -0.2) is 46.6 Å². The van der Waals surface area contributed by atoms with Gasteiger partial charge in [-0.15, -0.1) is 0 Å². The van der Waals surface area contributed by atoms with E-state index >= 15 is 0 Å². The van der Waals surface area contributed by atoms with E-state index in [1.54, 1.807) is 20.8 Å². The van der Waals surface area contributed by atoms with Crippen LogP contribution in [0.3, 0.4) is 0 Å².